The van der Waals surface area contributed by atoms with Gasteiger partial charge in [0, 0.05) is 6.54 Å². The molecule has 0 heterocycles. The summed E-state index contributed by atoms with van der Waals surface area (Å²) in [6, 6.07) is 9.46. The predicted octanol–water partition coefficient (Wildman–Crippen LogP) is 1.96. The fraction of sp³-hybridized carbons (Fsp3) is 0.211. The lowest BCUT2D eigenvalue weighted by Crippen LogP contribution is -2.28. The Morgan fingerprint density at radius 1 is 1.13 bits per heavy atom. The van der Waals surface area contributed by atoms with E-state index in [-0.39, 0.29) is 23.5 Å². The Morgan fingerprint density at radius 2 is 1.83 bits per heavy atom. The van der Waals surface area contributed by atoms with E-state index >= 15 is 0 Å². The molecule has 0 atom stereocenters. The van der Waals surface area contributed by atoms with Crippen LogP contribution >= 0.6 is 0 Å². The summed E-state index contributed by atoms with van der Waals surface area (Å²) >= 11 is 0. The molecular weight excluding hydrogens is 396 g/mol. The van der Waals surface area contributed by atoms with E-state index < -0.39 is 29.4 Å². The standard InChI is InChI=1S/C19H20N4O7/c1-2-29-14-7-8-15(16(9-14)23(27)28)22-17(24)11-30-18(25)13-5-3-12(4-6-13)10-21-19(20)26/h3-9H,2,10-11H2,1H3,(H,22,24)(H3,20,21,26). The van der Waals surface area contributed by atoms with Gasteiger partial charge < -0.3 is 25.8 Å². The van der Waals surface area contributed by atoms with Crippen molar-refractivity contribution in [1.29, 1.82) is 0 Å². The van der Waals surface area contributed by atoms with Crippen LogP contribution in [0.15, 0.2) is 42.5 Å². The van der Waals surface area contributed by atoms with Crippen molar-refractivity contribution in [2.45, 2.75) is 13.5 Å². The fourth-order valence-electron chi connectivity index (χ4n) is 2.37. The molecule has 0 aliphatic rings. The summed E-state index contributed by atoms with van der Waals surface area (Å²) in [7, 11) is 0. The van der Waals surface area contributed by atoms with E-state index in [9.17, 15) is 24.5 Å². The predicted molar refractivity (Wildman–Crippen MR) is 106 cm³/mol. The summed E-state index contributed by atoms with van der Waals surface area (Å²) in [6.07, 6.45) is 0. The zero-order chi connectivity index (χ0) is 22.1. The summed E-state index contributed by atoms with van der Waals surface area (Å²) in [5.41, 5.74) is 5.50. The first kappa shape index (κ1) is 22.1. The Hall–Kier alpha value is -4.15. The van der Waals surface area contributed by atoms with Gasteiger partial charge in [0.25, 0.3) is 11.6 Å². The summed E-state index contributed by atoms with van der Waals surface area (Å²) in [6.45, 7) is 1.64. The smallest absolute Gasteiger partial charge is 0.338 e. The number of nitro groups is 1. The first-order chi connectivity index (χ1) is 14.3. The lowest BCUT2D eigenvalue weighted by Gasteiger charge is -2.09. The molecule has 11 nitrogen and oxygen atoms in total. The minimum Gasteiger partial charge on any atom is -0.494 e. The van der Waals surface area contributed by atoms with Gasteiger partial charge in [0.05, 0.1) is 23.2 Å². The van der Waals surface area contributed by atoms with Crippen LogP contribution in [0.2, 0.25) is 0 Å². The number of primary amides is 1. The van der Waals surface area contributed by atoms with E-state index in [0.29, 0.717) is 17.9 Å². The normalized spacial score (nSPS) is 10.0. The summed E-state index contributed by atoms with van der Waals surface area (Å²) in [4.78, 5) is 45.3. The molecule has 30 heavy (non-hydrogen) atoms. The number of anilines is 1. The van der Waals surface area contributed by atoms with Crippen LogP contribution in [0.5, 0.6) is 5.75 Å². The number of nitro benzene ring substituents is 1. The van der Waals surface area contributed by atoms with Crippen LogP contribution < -0.4 is 21.1 Å². The van der Waals surface area contributed by atoms with Gasteiger partial charge in [0.1, 0.15) is 11.4 Å². The van der Waals surface area contributed by atoms with E-state index in [2.05, 4.69) is 10.6 Å². The van der Waals surface area contributed by atoms with Gasteiger partial charge in [-0.1, -0.05) is 12.1 Å². The molecule has 0 radical (unpaired) electrons. The van der Waals surface area contributed by atoms with Crippen LogP contribution in [-0.2, 0) is 16.1 Å². The molecule has 0 saturated carbocycles. The monoisotopic (exact) mass is 416 g/mol. The molecule has 0 saturated heterocycles. The van der Waals surface area contributed by atoms with Crippen molar-refractivity contribution < 1.29 is 28.8 Å². The summed E-state index contributed by atoms with van der Waals surface area (Å²) in [5, 5.41) is 16.0. The van der Waals surface area contributed by atoms with E-state index in [4.69, 9.17) is 15.2 Å². The van der Waals surface area contributed by atoms with Gasteiger partial charge in [0.15, 0.2) is 6.61 Å². The molecule has 11 heteroatoms. The van der Waals surface area contributed by atoms with Gasteiger partial charge in [-0.05, 0) is 36.8 Å². The highest BCUT2D eigenvalue weighted by Gasteiger charge is 2.18. The average molecular weight is 416 g/mol. The first-order valence-electron chi connectivity index (χ1n) is 8.80. The largest absolute Gasteiger partial charge is 0.494 e. The van der Waals surface area contributed by atoms with E-state index in [1.807, 2.05) is 0 Å². The lowest BCUT2D eigenvalue weighted by molar-refractivity contribution is -0.384. The molecule has 0 aliphatic heterocycles. The highest BCUT2D eigenvalue weighted by Crippen LogP contribution is 2.29. The van der Waals surface area contributed by atoms with Gasteiger partial charge in [-0.3, -0.25) is 14.9 Å². The first-order valence-corrected chi connectivity index (χ1v) is 8.80. The number of nitrogens with one attached hydrogen (secondary N) is 2. The van der Waals surface area contributed by atoms with Gasteiger partial charge in [-0.15, -0.1) is 0 Å². The van der Waals surface area contributed by atoms with Crippen LogP contribution in [0.4, 0.5) is 16.2 Å². The number of amides is 3. The van der Waals surface area contributed by atoms with E-state index in [0.717, 1.165) is 0 Å². The van der Waals surface area contributed by atoms with Crippen molar-refractivity contribution in [3.05, 3.63) is 63.7 Å². The van der Waals surface area contributed by atoms with Gasteiger partial charge >= 0.3 is 12.0 Å². The number of ether oxygens (including phenoxy) is 2. The number of hydrogen-bond acceptors (Lipinski definition) is 7. The van der Waals surface area contributed by atoms with Gasteiger partial charge in [-0.25, -0.2) is 9.59 Å². The second kappa shape index (κ2) is 10.4. The molecule has 0 unspecified atom stereocenters. The number of carbonyl (C=O) groups excluding carboxylic acids is 3. The fourth-order valence-corrected chi connectivity index (χ4v) is 2.37. The maximum atomic E-state index is 12.1. The molecule has 3 amide bonds. The summed E-state index contributed by atoms with van der Waals surface area (Å²) < 4.78 is 10.1. The number of hydrogen-bond donors (Lipinski definition) is 3. The van der Waals surface area contributed by atoms with Crippen molar-refractivity contribution in [1.82, 2.24) is 5.32 Å². The maximum Gasteiger partial charge on any atom is 0.338 e. The van der Waals surface area contributed by atoms with Crippen molar-refractivity contribution in [3.8, 4) is 5.75 Å². The minimum atomic E-state index is -0.749. The van der Waals surface area contributed by atoms with E-state index in [1.54, 1.807) is 19.1 Å². The second-order valence-electron chi connectivity index (χ2n) is 5.91. The van der Waals surface area contributed by atoms with E-state index in [1.165, 1.54) is 30.3 Å². The third-order valence-electron chi connectivity index (χ3n) is 3.74. The van der Waals surface area contributed by atoms with Crippen LogP contribution in [0.3, 0.4) is 0 Å². The highest BCUT2D eigenvalue weighted by molar-refractivity contribution is 5.96. The molecule has 0 aromatic heterocycles. The van der Waals surface area contributed by atoms with Crippen molar-refractivity contribution in [3.63, 3.8) is 0 Å². The number of esters is 1. The van der Waals surface area contributed by atoms with Gasteiger partial charge in [-0.2, -0.15) is 0 Å². The Kier molecular flexibility index (Phi) is 7.68. The number of nitrogens with two attached hydrogens (primary N) is 1. The molecule has 4 N–H and O–H groups in total. The zero-order valence-corrected chi connectivity index (χ0v) is 16.0. The molecule has 2 aromatic carbocycles. The third-order valence-corrected chi connectivity index (χ3v) is 3.74. The second-order valence-corrected chi connectivity index (χ2v) is 5.91. The molecular formula is C19H20N4O7. The number of nitrogens with zero attached hydrogens (tertiary/aromatic N) is 1. The van der Waals surface area contributed by atoms with Crippen LogP contribution in [-0.4, -0.2) is 36.0 Å². The van der Waals surface area contributed by atoms with Crippen LogP contribution in [0.1, 0.15) is 22.8 Å². The van der Waals surface area contributed by atoms with Gasteiger partial charge in [0.2, 0.25) is 0 Å². The Morgan fingerprint density at radius 3 is 2.43 bits per heavy atom. The quantitative estimate of drug-likeness (QED) is 0.319. The van der Waals surface area contributed by atoms with Crippen LogP contribution in [0, 0.1) is 10.1 Å². The number of rotatable bonds is 9. The van der Waals surface area contributed by atoms with Crippen molar-refractivity contribution >= 4 is 29.3 Å². The Bertz CT molecular complexity index is 944. The average Bonchev–Trinajstić information content (AvgIpc) is 2.72. The molecule has 0 fully saturated rings. The topological polar surface area (TPSA) is 163 Å². The third kappa shape index (κ3) is 6.48. The Labute approximate surface area is 171 Å². The number of urea groups is 1. The lowest BCUT2D eigenvalue weighted by atomic mass is 10.1. The minimum absolute atomic E-state index is 0.0456. The zero-order valence-electron chi connectivity index (χ0n) is 16.0. The van der Waals surface area contributed by atoms with Crippen LogP contribution in [0.25, 0.3) is 0 Å². The molecule has 0 aliphatic carbocycles. The molecule has 158 valence electrons. The molecule has 0 spiro atoms. The molecule has 0 bridgehead atoms. The molecule has 2 rings (SSSR count). The SMILES string of the molecule is CCOc1ccc(NC(=O)COC(=O)c2ccc(CNC(N)=O)cc2)c([N+](=O)[O-])c1. The highest BCUT2D eigenvalue weighted by atomic mass is 16.6. The summed E-state index contributed by atoms with van der Waals surface area (Å²) in [5.74, 6) is -1.19. The van der Waals surface area contributed by atoms with Crippen molar-refractivity contribution in [2.24, 2.45) is 5.73 Å². The number of benzene rings is 2. The Balaban J connectivity index is 1.93. The number of carbonyl (C=O) groups is 3. The maximum absolute atomic E-state index is 12.1. The van der Waals surface area contributed by atoms with Crippen molar-refractivity contribution in [2.75, 3.05) is 18.5 Å². The molecule has 2 aromatic rings.